The molecule has 0 saturated heterocycles. The molecule has 0 unspecified atom stereocenters. The lowest BCUT2D eigenvalue weighted by Crippen LogP contribution is -2.03. The molecule has 0 spiro atoms. The van der Waals surface area contributed by atoms with Crippen molar-refractivity contribution in [2.45, 2.75) is 20.8 Å². The van der Waals surface area contributed by atoms with E-state index in [0.717, 1.165) is 11.3 Å². The highest BCUT2D eigenvalue weighted by molar-refractivity contribution is 5.97. The third-order valence-corrected chi connectivity index (χ3v) is 1.86. The van der Waals surface area contributed by atoms with Crippen molar-refractivity contribution in [2.75, 3.05) is 7.11 Å². The molecule has 0 fully saturated rings. The highest BCUT2D eigenvalue weighted by Crippen LogP contribution is 2.20. The summed E-state index contributed by atoms with van der Waals surface area (Å²) in [5, 5.41) is 0. The van der Waals surface area contributed by atoms with Gasteiger partial charge in [0.15, 0.2) is 5.78 Å². The van der Waals surface area contributed by atoms with E-state index in [9.17, 15) is 4.79 Å². The van der Waals surface area contributed by atoms with Gasteiger partial charge in [0.2, 0.25) is 5.88 Å². The lowest BCUT2D eigenvalue weighted by Gasteiger charge is -2.08. The van der Waals surface area contributed by atoms with E-state index in [-0.39, 0.29) is 5.78 Å². The molecule has 0 bridgehead atoms. The molecule has 0 amide bonds. The first-order valence-corrected chi connectivity index (χ1v) is 4.09. The fraction of sp³-hybridized carbons (Fsp3) is 0.400. The number of hydrogen-bond donors (Lipinski definition) is 0. The minimum atomic E-state index is -0.0122. The molecule has 0 aliphatic heterocycles. The van der Waals surface area contributed by atoms with Crippen molar-refractivity contribution < 1.29 is 9.53 Å². The Kier molecular flexibility index (Phi) is 2.66. The fourth-order valence-corrected chi connectivity index (χ4v) is 1.38. The van der Waals surface area contributed by atoms with E-state index < -0.39 is 0 Å². The van der Waals surface area contributed by atoms with Gasteiger partial charge in [-0.15, -0.1) is 0 Å². The smallest absolute Gasteiger partial charge is 0.224 e. The Bertz CT molecular complexity index is 345. The van der Waals surface area contributed by atoms with Crippen molar-refractivity contribution >= 4 is 5.78 Å². The number of carbonyl (C=O) groups excluding carboxylic acids is 1. The summed E-state index contributed by atoms with van der Waals surface area (Å²) in [6.45, 7) is 5.27. The standard InChI is InChI=1S/C10H13NO2/c1-6-5-7(2)11-10(13-4)9(6)8(3)12/h5H,1-4H3. The first-order valence-electron chi connectivity index (χ1n) is 4.09. The Morgan fingerprint density at radius 1 is 1.46 bits per heavy atom. The number of hydrogen-bond acceptors (Lipinski definition) is 3. The van der Waals surface area contributed by atoms with Gasteiger partial charge < -0.3 is 4.74 Å². The van der Waals surface area contributed by atoms with Gasteiger partial charge in [-0.05, 0) is 32.4 Å². The minimum Gasteiger partial charge on any atom is -0.480 e. The third-order valence-electron chi connectivity index (χ3n) is 1.86. The van der Waals surface area contributed by atoms with Crippen LogP contribution in [0.25, 0.3) is 0 Å². The summed E-state index contributed by atoms with van der Waals surface area (Å²) in [6, 6.07) is 1.87. The lowest BCUT2D eigenvalue weighted by molar-refractivity contribution is 0.101. The van der Waals surface area contributed by atoms with E-state index in [1.165, 1.54) is 14.0 Å². The monoisotopic (exact) mass is 179 g/mol. The van der Waals surface area contributed by atoms with Gasteiger partial charge in [0.05, 0.1) is 12.7 Å². The largest absolute Gasteiger partial charge is 0.480 e. The summed E-state index contributed by atoms with van der Waals surface area (Å²) in [5.74, 6) is 0.409. The van der Waals surface area contributed by atoms with Crippen LogP contribution in [0.1, 0.15) is 28.5 Å². The molecule has 0 saturated carbocycles. The first kappa shape index (κ1) is 9.71. The number of aromatic nitrogens is 1. The zero-order valence-electron chi connectivity index (χ0n) is 8.34. The quantitative estimate of drug-likeness (QED) is 0.651. The molecular weight excluding hydrogens is 166 g/mol. The Morgan fingerprint density at radius 2 is 2.08 bits per heavy atom. The van der Waals surface area contributed by atoms with Crippen LogP contribution in [0.2, 0.25) is 0 Å². The highest BCUT2D eigenvalue weighted by Gasteiger charge is 2.12. The van der Waals surface area contributed by atoms with Gasteiger partial charge >= 0.3 is 0 Å². The van der Waals surface area contributed by atoms with Gasteiger partial charge in [-0.3, -0.25) is 4.79 Å². The van der Waals surface area contributed by atoms with E-state index in [2.05, 4.69) is 4.98 Å². The molecule has 3 nitrogen and oxygen atoms in total. The third kappa shape index (κ3) is 1.86. The number of carbonyl (C=O) groups is 1. The average Bonchev–Trinajstić information content (AvgIpc) is 2.01. The molecule has 70 valence electrons. The predicted molar refractivity (Wildman–Crippen MR) is 50.3 cm³/mol. The number of ether oxygens (including phenoxy) is 1. The molecule has 0 radical (unpaired) electrons. The zero-order valence-corrected chi connectivity index (χ0v) is 8.34. The summed E-state index contributed by atoms with van der Waals surface area (Å²) in [7, 11) is 1.52. The van der Waals surface area contributed by atoms with Crippen LogP contribution >= 0.6 is 0 Å². The molecule has 1 rings (SSSR count). The number of aryl methyl sites for hydroxylation is 2. The summed E-state index contributed by atoms with van der Waals surface area (Å²) >= 11 is 0. The maximum atomic E-state index is 11.2. The van der Waals surface area contributed by atoms with Crippen molar-refractivity contribution in [1.29, 1.82) is 0 Å². The molecule has 0 atom stereocenters. The SMILES string of the molecule is COc1nc(C)cc(C)c1C(C)=O. The maximum Gasteiger partial charge on any atom is 0.224 e. The van der Waals surface area contributed by atoms with Crippen LogP contribution in [0.5, 0.6) is 5.88 Å². The van der Waals surface area contributed by atoms with Crippen LogP contribution in [0.4, 0.5) is 0 Å². The van der Waals surface area contributed by atoms with Crippen LogP contribution in [0, 0.1) is 13.8 Å². The molecule has 1 aromatic rings. The molecule has 0 aliphatic rings. The predicted octanol–water partition coefficient (Wildman–Crippen LogP) is 1.91. The normalized spacial score (nSPS) is 9.85. The van der Waals surface area contributed by atoms with Crippen LogP contribution in [0.3, 0.4) is 0 Å². The molecule has 0 aliphatic carbocycles. The van der Waals surface area contributed by atoms with E-state index >= 15 is 0 Å². The average molecular weight is 179 g/mol. The number of nitrogens with zero attached hydrogens (tertiary/aromatic N) is 1. The second-order valence-corrected chi connectivity index (χ2v) is 3.02. The Morgan fingerprint density at radius 3 is 2.54 bits per heavy atom. The van der Waals surface area contributed by atoms with Crippen molar-refractivity contribution in [1.82, 2.24) is 4.98 Å². The zero-order chi connectivity index (χ0) is 10.0. The molecule has 0 aromatic carbocycles. The second-order valence-electron chi connectivity index (χ2n) is 3.02. The van der Waals surface area contributed by atoms with Gasteiger partial charge in [-0.1, -0.05) is 0 Å². The Balaban J connectivity index is 3.38. The number of ketones is 1. The first-order chi connectivity index (χ1) is 6.06. The lowest BCUT2D eigenvalue weighted by atomic mass is 10.1. The van der Waals surface area contributed by atoms with Gasteiger partial charge in [-0.2, -0.15) is 0 Å². The number of methoxy groups -OCH3 is 1. The molecule has 13 heavy (non-hydrogen) atoms. The van der Waals surface area contributed by atoms with Crippen LogP contribution in [-0.4, -0.2) is 17.9 Å². The molecule has 0 N–H and O–H groups in total. The summed E-state index contributed by atoms with van der Waals surface area (Å²) < 4.78 is 5.04. The number of Topliss-reactive ketones (excluding diaryl/α,β-unsaturated/α-hetero) is 1. The van der Waals surface area contributed by atoms with E-state index in [1.54, 1.807) is 0 Å². The van der Waals surface area contributed by atoms with Crippen LogP contribution in [-0.2, 0) is 0 Å². The maximum absolute atomic E-state index is 11.2. The highest BCUT2D eigenvalue weighted by atomic mass is 16.5. The van der Waals surface area contributed by atoms with Gasteiger partial charge in [-0.25, -0.2) is 4.98 Å². The van der Waals surface area contributed by atoms with Crippen molar-refractivity contribution in [2.24, 2.45) is 0 Å². The number of rotatable bonds is 2. The van der Waals surface area contributed by atoms with E-state index in [0.29, 0.717) is 11.4 Å². The van der Waals surface area contributed by atoms with Crippen LogP contribution < -0.4 is 4.74 Å². The number of pyridine rings is 1. The van der Waals surface area contributed by atoms with Crippen molar-refractivity contribution in [3.8, 4) is 5.88 Å². The minimum absolute atomic E-state index is 0.0122. The Labute approximate surface area is 77.8 Å². The summed E-state index contributed by atoms with van der Waals surface area (Å²) in [6.07, 6.45) is 0. The fourth-order valence-electron chi connectivity index (χ4n) is 1.38. The van der Waals surface area contributed by atoms with Crippen molar-refractivity contribution in [3.05, 3.63) is 22.9 Å². The van der Waals surface area contributed by atoms with E-state index in [4.69, 9.17) is 4.74 Å². The van der Waals surface area contributed by atoms with Gasteiger partial charge in [0.25, 0.3) is 0 Å². The molecule has 1 aromatic heterocycles. The van der Waals surface area contributed by atoms with E-state index in [1.807, 2.05) is 19.9 Å². The Hall–Kier alpha value is -1.38. The van der Waals surface area contributed by atoms with Crippen molar-refractivity contribution in [3.63, 3.8) is 0 Å². The van der Waals surface area contributed by atoms with Gasteiger partial charge in [0, 0.05) is 5.69 Å². The summed E-state index contributed by atoms with van der Waals surface area (Å²) in [5.41, 5.74) is 2.35. The van der Waals surface area contributed by atoms with Gasteiger partial charge in [0.1, 0.15) is 0 Å². The molecular formula is C10H13NO2. The van der Waals surface area contributed by atoms with Crippen LogP contribution in [0.15, 0.2) is 6.07 Å². The molecule has 3 heteroatoms. The second kappa shape index (κ2) is 3.56. The topological polar surface area (TPSA) is 39.2 Å². The summed E-state index contributed by atoms with van der Waals surface area (Å²) in [4.78, 5) is 15.4. The molecule has 1 heterocycles.